The number of carboxylic acid groups (broad SMARTS) is 1. The van der Waals surface area contributed by atoms with Crippen LogP contribution < -0.4 is 10.6 Å². The van der Waals surface area contributed by atoms with Crippen LogP contribution in [0.5, 0.6) is 0 Å². The number of aliphatic imine (C=N–C) groups is 1. The predicted molar refractivity (Wildman–Crippen MR) is 153 cm³/mol. The number of nitrogens with zero attached hydrogens (tertiary/aromatic N) is 5. The first kappa shape index (κ1) is 30.2. The zero-order valence-corrected chi connectivity index (χ0v) is 24.0. The summed E-state index contributed by atoms with van der Waals surface area (Å²) < 4.78 is 1.19. The van der Waals surface area contributed by atoms with Crippen LogP contribution in [0.2, 0.25) is 10.0 Å². The molecule has 3 atom stereocenters. The number of carbonyl (C=O) groups excluding carboxylic acids is 3. The monoisotopic (exact) mass is 617 g/mol. The number of benzene rings is 2. The molecule has 2 aromatic carbocycles. The Hall–Kier alpha value is -3.81. The summed E-state index contributed by atoms with van der Waals surface area (Å²) in [4.78, 5) is 54.7. The summed E-state index contributed by atoms with van der Waals surface area (Å²) in [6, 6.07) is 11.3. The highest BCUT2D eigenvalue weighted by molar-refractivity contribution is 8.14. The van der Waals surface area contributed by atoms with E-state index in [0.29, 0.717) is 21.4 Å². The number of hydrogen-bond donors (Lipinski definition) is 3. The van der Waals surface area contributed by atoms with Crippen molar-refractivity contribution in [3.63, 3.8) is 0 Å². The van der Waals surface area contributed by atoms with E-state index in [1.165, 1.54) is 23.4 Å². The molecule has 1 aliphatic heterocycles. The van der Waals surface area contributed by atoms with Gasteiger partial charge < -0.3 is 15.7 Å². The van der Waals surface area contributed by atoms with Crippen molar-refractivity contribution < 1.29 is 24.3 Å². The van der Waals surface area contributed by atoms with E-state index in [-0.39, 0.29) is 12.2 Å². The van der Waals surface area contributed by atoms with Crippen molar-refractivity contribution in [2.75, 3.05) is 5.75 Å². The number of nitrogens with one attached hydrogen (secondary N) is 2. The fraction of sp³-hybridized carbons (Fsp3) is 0.308. The second kappa shape index (κ2) is 13.7. The van der Waals surface area contributed by atoms with E-state index in [0.717, 1.165) is 10.6 Å². The van der Waals surface area contributed by atoms with Crippen LogP contribution in [-0.4, -0.2) is 77.8 Å². The fourth-order valence-electron chi connectivity index (χ4n) is 3.93. The molecule has 1 aromatic heterocycles. The number of carboxylic acids is 1. The van der Waals surface area contributed by atoms with Gasteiger partial charge in [-0.2, -0.15) is 0 Å². The van der Waals surface area contributed by atoms with Gasteiger partial charge in [-0.1, -0.05) is 59.6 Å². The molecule has 214 valence electrons. The van der Waals surface area contributed by atoms with Crippen LogP contribution in [-0.2, 0) is 32.1 Å². The quantitative estimate of drug-likeness (QED) is 0.276. The average Bonchev–Trinajstić information content (AvgIpc) is 3.61. The first-order valence-corrected chi connectivity index (χ1v) is 14.2. The molecule has 2 heterocycles. The lowest BCUT2D eigenvalue weighted by molar-refractivity contribution is -0.140. The van der Waals surface area contributed by atoms with Gasteiger partial charge in [-0.15, -0.1) is 16.9 Å². The summed E-state index contributed by atoms with van der Waals surface area (Å²) in [7, 11) is 0. The maximum atomic E-state index is 13.1. The molecule has 0 saturated carbocycles. The molecule has 4 rings (SSSR count). The molecule has 2 unspecified atom stereocenters. The van der Waals surface area contributed by atoms with Gasteiger partial charge in [0.05, 0.1) is 17.5 Å². The van der Waals surface area contributed by atoms with Crippen LogP contribution in [0.3, 0.4) is 0 Å². The standard InChI is InChI=1S/C26H25Cl2N7O5S/c1-14(29-25(40)20-13-41-26(31-20)15-6-3-2-4-7-15)24(39)30-19(11-23(37)38)21(36)12-35-22(32-33-34-35)10-16-17(27)8-5-9-18(16)28/h2-9,14,19-20H,10-13H2,1H3,(H,29,40)(H,30,39)(H,37,38)/t14-,19?,20?/m0/s1. The molecular weight excluding hydrogens is 593 g/mol. The number of ketones is 1. The number of rotatable bonds is 12. The van der Waals surface area contributed by atoms with Crippen molar-refractivity contribution in [3.05, 3.63) is 75.5 Å². The zero-order chi connectivity index (χ0) is 29.5. The second-order valence-corrected chi connectivity index (χ2v) is 10.9. The zero-order valence-electron chi connectivity index (χ0n) is 21.7. The lowest BCUT2D eigenvalue weighted by Gasteiger charge is -2.20. The minimum Gasteiger partial charge on any atom is -0.481 e. The molecule has 12 nitrogen and oxygen atoms in total. The Bertz CT molecular complexity index is 1460. The first-order chi connectivity index (χ1) is 19.6. The molecule has 0 spiro atoms. The summed E-state index contributed by atoms with van der Waals surface area (Å²) >= 11 is 13.9. The summed E-state index contributed by atoms with van der Waals surface area (Å²) in [5.41, 5.74) is 1.45. The third kappa shape index (κ3) is 7.90. The van der Waals surface area contributed by atoms with E-state index < -0.39 is 54.7 Å². The lowest BCUT2D eigenvalue weighted by atomic mass is 10.1. The number of halogens is 2. The Labute approximate surface area is 248 Å². The van der Waals surface area contributed by atoms with Gasteiger partial charge in [0.1, 0.15) is 18.6 Å². The van der Waals surface area contributed by atoms with Gasteiger partial charge in [0.15, 0.2) is 11.6 Å². The van der Waals surface area contributed by atoms with Crippen molar-refractivity contribution in [1.29, 1.82) is 0 Å². The third-order valence-corrected chi connectivity index (χ3v) is 7.92. The summed E-state index contributed by atoms with van der Waals surface area (Å²) in [6.45, 7) is 1.02. The predicted octanol–water partition coefficient (Wildman–Crippen LogP) is 2.17. The molecular formula is C26H25Cl2N7O5S. The Balaban J connectivity index is 1.38. The molecule has 3 N–H and O–H groups in total. The lowest BCUT2D eigenvalue weighted by Crippen LogP contribution is -2.52. The SMILES string of the molecule is C[C@H](NC(=O)C1CSC(c2ccccc2)=N1)C(=O)NC(CC(=O)O)C(=O)Cn1nnnc1Cc1c(Cl)cccc1Cl. The first-order valence-electron chi connectivity index (χ1n) is 12.4. The van der Waals surface area contributed by atoms with E-state index >= 15 is 0 Å². The van der Waals surface area contributed by atoms with Crippen molar-refractivity contribution in [2.24, 2.45) is 4.99 Å². The number of Topliss-reactive ketones (excluding diaryl/α,β-unsaturated/α-hetero) is 1. The van der Waals surface area contributed by atoms with Gasteiger partial charge in [0.25, 0.3) is 0 Å². The van der Waals surface area contributed by atoms with Crippen molar-refractivity contribution in [3.8, 4) is 0 Å². The highest BCUT2D eigenvalue weighted by Crippen LogP contribution is 2.26. The number of aliphatic carboxylic acids is 1. The summed E-state index contributed by atoms with van der Waals surface area (Å²) in [6.07, 6.45) is -0.561. The molecule has 3 aromatic rings. The normalized spacial score (nSPS) is 16.0. The number of tetrazole rings is 1. The highest BCUT2D eigenvalue weighted by Gasteiger charge is 2.30. The number of aromatic nitrogens is 4. The van der Waals surface area contributed by atoms with E-state index in [4.69, 9.17) is 23.2 Å². The van der Waals surface area contributed by atoms with Crippen LogP contribution in [0.4, 0.5) is 0 Å². The maximum absolute atomic E-state index is 13.1. The van der Waals surface area contributed by atoms with Crippen LogP contribution in [0.25, 0.3) is 0 Å². The third-order valence-electron chi connectivity index (χ3n) is 6.12. The van der Waals surface area contributed by atoms with Crippen molar-refractivity contribution >= 4 is 63.6 Å². The number of thioether (sulfide) groups is 1. The van der Waals surface area contributed by atoms with Crippen molar-refractivity contribution in [1.82, 2.24) is 30.8 Å². The molecule has 1 aliphatic rings. The molecule has 15 heteroatoms. The van der Waals surface area contributed by atoms with Gasteiger partial charge in [0.2, 0.25) is 11.8 Å². The van der Waals surface area contributed by atoms with Gasteiger partial charge in [-0.05, 0) is 35.0 Å². The number of hydrogen-bond acceptors (Lipinski definition) is 9. The fourth-order valence-corrected chi connectivity index (χ4v) is 5.51. The van der Waals surface area contributed by atoms with Crippen LogP contribution in [0.15, 0.2) is 53.5 Å². The van der Waals surface area contributed by atoms with Gasteiger partial charge in [0, 0.05) is 27.8 Å². The minimum atomic E-state index is -1.40. The van der Waals surface area contributed by atoms with Gasteiger partial charge >= 0.3 is 5.97 Å². The Morgan fingerprint density at radius 2 is 1.78 bits per heavy atom. The molecule has 0 aliphatic carbocycles. The van der Waals surface area contributed by atoms with E-state index in [1.807, 2.05) is 30.3 Å². The summed E-state index contributed by atoms with van der Waals surface area (Å²) in [5, 5.41) is 27.2. The molecule has 0 fully saturated rings. The van der Waals surface area contributed by atoms with E-state index in [2.05, 4.69) is 31.2 Å². The minimum absolute atomic E-state index is 0.117. The molecule has 41 heavy (non-hydrogen) atoms. The van der Waals surface area contributed by atoms with Crippen LogP contribution in [0.1, 0.15) is 30.3 Å². The molecule has 2 amide bonds. The Kier molecular flexibility index (Phi) is 10.1. The topological polar surface area (TPSA) is 169 Å². The van der Waals surface area contributed by atoms with E-state index in [1.54, 1.807) is 18.2 Å². The van der Waals surface area contributed by atoms with Crippen LogP contribution in [0, 0.1) is 0 Å². The average molecular weight is 619 g/mol. The smallest absolute Gasteiger partial charge is 0.305 e. The number of carbonyl (C=O) groups is 4. The Morgan fingerprint density at radius 3 is 2.46 bits per heavy atom. The molecule has 0 saturated heterocycles. The second-order valence-electron chi connectivity index (χ2n) is 9.11. The van der Waals surface area contributed by atoms with Crippen molar-refractivity contribution in [2.45, 2.75) is 44.4 Å². The van der Waals surface area contributed by atoms with Gasteiger partial charge in [-0.3, -0.25) is 24.2 Å². The van der Waals surface area contributed by atoms with Crippen LogP contribution >= 0.6 is 35.0 Å². The number of amides is 2. The largest absolute Gasteiger partial charge is 0.481 e. The Morgan fingerprint density at radius 1 is 1.07 bits per heavy atom. The van der Waals surface area contributed by atoms with Gasteiger partial charge in [-0.25, -0.2) is 4.68 Å². The van der Waals surface area contributed by atoms with E-state index in [9.17, 15) is 24.3 Å². The highest BCUT2D eigenvalue weighted by atomic mass is 35.5. The molecule has 0 radical (unpaired) electrons. The summed E-state index contributed by atoms with van der Waals surface area (Å²) in [5.74, 6) is -2.45. The maximum Gasteiger partial charge on any atom is 0.305 e. The molecule has 0 bridgehead atoms.